The van der Waals surface area contributed by atoms with E-state index in [0.717, 1.165) is 0 Å². The number of primary amides is 1. The molecule has 0 bridgehead atoms. The second-order valence-electron chi connectivity index (χ2n) is 9.01. The number of hydrogen-bond acceptors (Lipinski definition) is 4. The van der Waals surface area contributed by atoms with Crippen LogP contribution in [0.3, 0.4) is 0 Å². The van der Waals surface area contributed by atoms with E-state index >= 15 is 0 Å². The summed E-state index contributed by atoms with van der Waals surface area (Å²) in [6.45, 7) is 0. The molecule has 3 aromatic carbocycles. The van der Waals surface area contributed by atoms with Crippen molar-refractivity contribution in [2.45, 2.75) is 6.18 Å². The summed E-state index contributed by atoms with van der Waals surface area (Å²) in [5, 5.41) is 7.85. The molecular formula is C29H20F4N6O3. The maximum Gasteiger partial charge on any atom is 0.416 e. The van der Waals surface area contributed by atoms with Gasteiger partial charge >= 0.3 is 12.2 Å². The van der Waals surface area contributed by atoms with Crippen LogP contribution in [0.1, 0.15) is 26.4 Å². The van der Waals surface area contributed by atoms with Crippen LogP contribution in [0.5, 0.6) is 0 Å². The molecule has 9 nitrogen and oxygen atoms in total. The second kappa shape index (κ2) is 11.0. The van der Waals surface area contributed by atoms with E-state index in [0.29, 0.717) is 51.5 Å². The zero-order valence-electron chi connectivity index (χ0n) is 21.3. The number of nitrogens with zero attached hydrogens (tertiary/aromatic N) is 1. The molecule has 2 aromatic heterocycles. The van der Waals surface area contributed by atoms with Gasteiger partial charge in [0.2, 0.25) is 0 Å². The molecule has 212 valence electrons. The third-order valence-electron chi connectivity index (χ3n) is 6.23. The van der Waals surface area contributed by atoms with Gasteiger partial charge in [-0.3, -0.25) is 14.6 Å². The van der Waals surface area contributed by atoms with Crippen molar-refractivity contribution in [2.24, 2.45) is 5.73 Å². The third-order valence-corrected chi connectivity index (χ3v) is 6.23. The molecule has 0 spiro atoms. The predicted octanol–water partition coefficient (Wildman–Crippen LogP) is 6.38. The Kier molecular flexibility index (Phi) is 7.32. The lowest BCUT2D eigenvalue weighted by Crippen LogP contribution is -2.20. The molecule has 0 saturated heterocycles. The fraction of sp³-hybridized carbons (Fsp3) is 0.0345. The molecule has 0 saturated carbocycles. The van der Waals surface area contributed by atoms with Gasteiger partial charge in [-0.15, -0.1) is 0 Å². The number of carbonyl (C=O) groups excluding carboxylic acids is 3. The van der Waals surface area contributed by atoms with Crippen molar-refractivity contribution in [1.82, 2.24) is 9.97 Å². The molecule has 5 rings (SSSR count). The number of aromatic nitrogens is 2. The van der Waals surface area contributed by atoms with E-state index in [2.05, 4.69) is 25.9 Å². The molecule has 0 fully saturated rings. The van der Waals surface area contributed by atoms with Crippen LogP contribution in [-0.4, -0.2) is 27.8 Å². The number of amides is 4. The molecule has 0 aliphatic carbocycles. The number of para-hydroxylation sites is 1. The number of pyridine rings is 1. The van der Waals surface area contributed by atoms with E-state index in [9.17, 15) is 31.9 Å². The highest BCUT2D eigenvalue weighted by Gasteiger charge is 2.31. The normalized spacial score (nSPS) is 11.2. The number of urea groups is 1. The first-order valence-electron chi connectivity index (χ1n) is 12.2. The SMILES string of the molecule is NC(=O)c1[nH]c2c(NC(=O)c3cccnc3)cccc2c1-c1ccc(NC(=O)Nc2cc(C(F)(F)F)ccc2F)cc1. The monoisotopic (exact) mass is 576 g/mol. The molecule has 42 heavy (non-hydrogen) atoms. The first-order valence-corrected chi connectivity index (χ1v) is 12.2. The zero-order chi connectivity index (χ0) is 30.0. The number of benzene rings is 3. The maximum absolute atomic E-state index is 14.0. The second-order valence-corrected chi connectivity index (χ2v) is 9.01. The van der Waals surface area contributed by atoms with Crippen molar-refractivity contribution in [3.63, 3.8) is 0 Å². The van der Waals surface area contributed by atoms with Crippen LogP contribution in [-0.2, 0) is 6.18 Å². The van der Waals surface area contributed by atoms with Crippen molar-refractivity contribution < 1.29 is 31.9 Å². The van der Waals surface area contributed by atoms with Gasteiger partial charge in [0.1, 0.15) is 11.5 Å². The number of H-pyrrole nitrogens is 1. The Balaban J connectivity index is 1.39. The lowest BCUT2D eigenvalue weighted by molar-refractivity contribution is -0.137. The van der Waals surface area contributed by atoms with E-state index < -0.39 is 41.1 Å². The van der Waals surface area contributed by atoms with E-state index in [-0.39, 0.29) is 11.4 Å². The Morgan fingerprint density at radius 3 is 2.29 bits per heavy atom. The Morgan fingerprint density at radius 1 is 0.857 bits per heavy atom. The van der Waals surface area contributed by atoms with Crippen molar-refractivity contribution in [1.29, 1.82) is 0 Å². The first-order chi connectivity index (χ1) is 20.0. The third kappa shape index (κ3) is 5.75. The number of fused-ring (bicyclic) bond motifs is 1. The highest BCUT2D eigenvalue weighted by atomic mass is 19.4. The lowest BCUT2D eigenvalue weighted by Gasteiger charge is -2.12. The van der Waals surface area contributed by atoms with Crippen molar-refractivity contribution in [3.05, 3.63) is 108 Å². The van der Waals surface area contributed by atoms with Gasteiger partial charge in [0.15, 0.2) is 0 Å². The number of aromatic amines is 1. The van der Waals surface area contributed by atoms with Crippen LogP contribution >= 0.6 is 0 Å². The number of carbonyl (C=O) groups is 3. The van der Waals surface area contributed by atoms with Gasteiger partial charge in [-0.2, -0.15) is 13.2 Å². The number of nitrogens with two attached hydrogens (primary N) is 1. The maximum atomic E-state index is 14.0. The van der Waals surface area contributed by atoms with E-state index in [1.54, 1.807) is 42.5 Å². The van der Waals surface area contributed by atoms with Crippen LogP contribution in [0.15, 0.2) is 85.2 Å². The van der Waals surface area contributed by atoms with E-state index in [1.165, 1.54) is 24.5 Å². The molecule has 2 heterocycles. The summed E-state index contributed by atoms with van der Waals surface area (Å²) < 4.78 is 52.9. The molecule has 0 aliphatic heterocycles. The minimum absolute atomic E-state index is 0.0755. The summed E-state index contributed by atoms with van der Waals surface area (Å²) in [6.07, 6.45) is -1.76. The minimum Gasteiger partial charge on any atom is -0.364 e. The van der Waals surface area contributed by atoms with E-state index in [1.807, 2.05) is 0 Å². The average molecular weight is 577 g/mol. The van der Waals surface area contributed by atoms with Gasteiger partial charge in [0.05, 0.1) is 28.0 Å². The molecule has 0 radical (unpaired) electrons. The Labute approximate surface area is 234 Å². The highest BCUT2D eigenvalue weighted by Crippen LogP contribution is 2.36. The topological polar surface area (TPSA) is 142 Å². The number of hydrogen-bond donors (Lipinski definition) is 5. The molecule has 6 N–H and O–H groups in total. The van der Waals surface area contributed by atoms with Crippen molar-refractivity contribution >= 4 is 45.8 Å². The zero-order valence-corrected chi connectivity index (χ0v) is 21.3. The van der Waals surface area contributed by atoms with Gasteiger partial charge in [0, 0.05) is 29.0 Å². The van der Waals surface area contributed by atoms with Crippen molar-refractivity contribution in [2.75, 3.05) is 16.0 Å². The molecule has 5 aromatic rings. The van der Waals surface area contributed by atoms with Gasteiger partial charge < -0.3 is 26.7 Å². The summed E-state index contributed by atoms with van der Waals surface area (Å²) >= 11 is 0. The molecule has 0 atom stereocenters. The molecular weight excluding hydrogens is 556 g/mol. The fourth-order valence-corrected chi connectivity index (χ4v) is 4.30. The number of halogens is 4. The number of alkyl halides is 3. The quantitative estimate of drug-likeness (QED) is 0.150. The van der Waals surface area contributed by atoms with E-state index in [4.69, 9.17) is 5.73 Å². The fourth-order valence-electron chi connectivity index (χ4n) is 4.30. The van der Waals surface area contributed by atoms with Gasteiger partial charge in [-0.25, -0.2) is 9.18 Å². The van der Waals surface area contributed by atoms with Crippen LogP contribution in [0.2, 0.25) is 0 Å². The Hall–Kier alpha value is -5.72. The number of nitrogens with one attached hydrogen (secondary N) is 4. The summed E-state index contributed by atoms with van der Waals surface area (Å²) in [6, 6.07) is 15.1. The van der Waals surface area contributed by atoms with Gasteiger partial charge in [-0.1, -0.05) is 24.3 Å². The van der Waals surface area contributed by atoms with Crippen LogP contribution < -0.4 is 21.7 Å². The standard InChI is InChI=1S/C29H20F4N6O3/c30-20-11-8-17(29(31,32)33)13-22(20)38-28(42)36-18-9-6-15(7-10-18)23-19-4-1-5-21(24(19)39-25(23)26(34)40)37-27(41)16-3-2-12-35-14-16/h1-14,39H,(H2,34,40)(H,37,41)(H2,36,38,42). The molecule has 0 unspecified atom stereocenters. The highest BCUT2D eigenvalue weighted by molar-refractivity contribution is 6.15. The predicted molar refractivity (Wildman–Crippen MR) is 148 cm³/mol. The number of rotatable bonds is 6. The average Bonchev–Trinajstić information content (AvgIpc) is 3.36. The lowest BCUT2D eigenvalue weighted by atomic mass is 10.0. The molecule has 4 amide bonds. The summed E-state index contributed by atoms with van der Waals surface area (Å²) in [5.74, 6) is -2.20. The largest absolute Gasteiger partial charge is 0.416 e. The summed E-state index contributed by atoms with van der Waals surface area (Å²) in [5.41, 5.74) is 6.33. The van der Waals surface area contributed by atoms with Crippen LogP contribution in [0.25, 0.3) is 22.0 Å². The van der Waals surface area contributed by atoms with Crippen LogP contribution in [0, 0.1) is 5.82 Å². The summed E-state index contributed by atoms with van der Waals surface area (Å²) in [4.78, 5) is 44.4. The van der Waals surface area contributed by atoms with Crippen LogP contribution in [0.4, 0.5) is 39.4 Å². The first kappa shape index (κ1) is 27.8. The van der Waals surface area contributed by atoms with Gasteiger partial charge in [-0.05, 0) is 54.1 Å². The van der Waals surface area contributed by atoms with Gasteiger partial charge in [0.25, 0.3) is 11.8 Å². The molecule has 0 aliphatic rings. The number of anilines is 3. The Bertz CT molecular complexity index is 1820. The molecule has 13 heteroatoms. The van der Waals surface area contributed by atoms with Crippen molar-refractivity contribution in [3.8, 4) is 11.1 Å². The smallest absolute Gasteiger partial charge is 0.364 e. The minimum atomic E-state index is -4.71. The Morgan fingerprint density at radius 2 is 1.62 bits per heavy atom. The summed E-state index contributed by atoms with van der Waals surface area (Å²) in [7, 11) is 0.